The molecule has 4 heteroatoms. The Morgan fingerprint density at radius 2 is 1.75 bits per heavy atom. The van der Waals surface area contributed by atoms with Crippen LogP contribution >= 0.6 is 0 Å². The highest BCUT2D eigenvalue weighted by Gasteiger charge is 2.22. The van der Waals surface area contributed by atoms with Crippen LogP contribution in [0.1, 0.15) is 27.2 Å². The van der Waals surface area contributed by atoms with Gasteiger partial charge >= 0.3 is 0 Å². The molecule has 0 amide bonds. The molecular weight excluding hydrogens is 350 g/mol. The van der Waals surface area contributed by atoms with Crippen LogP contribution in [0, 0.1) is 0 Å². The summed E-state index contributed by atoms with van der Waals surface area (Å²) < 4.78 is 11.7. The lowest BCUT2D eigenvalue weighted by Gasteiger charge is -2.10. The molecule has 0 saturated heterocycles. The number of carbonyl (C=O) groups is 1. The van der Waals surface area contributed by atoms with Crippen LogP contribution in [-0.4, -0.2) is 10.8 Å². The van der Waals surface area contributed by atoms with E-state index in [9.17, 15) is 4.79 Å². The minimum Gasteiger partial charge on any atom is -0.488 e. The number of aromatic nitrogens is 1. The van der Waals surface area contributed by atoms with Gasteiger partial charge in [-0.3, -0.25) is 4.79 Å². The van der Waals surface area contributed by atoms with E-state index in [0.29, 0.717) is 35.8 Å². The summed E-state index contributed by atoms with van der Waals surface area (Å²) in [7, 11) is 0. The number of ketones is 1. The van der Waals surface area contributed by atoms with Gasteiger partial charge in [-0.15, -0.1) is 0 Å². The Hall–Kier alpha value is -3.66. The lowest BCUT2D eigenvalue weighted by Crippen LogP contribution is -2.04. The van der Waals surface area contributed by atoms with Crippen molar-refractivity contribution >= 4 is 16.7 Å². The molecule has 2 heterocycles. The third-order valence-corrected chi connectivity index (χ3v) is 4.88. The summed E-state index contributed by atoms with van der Waals surface area (Å²) in [4.78, 5) is 17.6. The summed E-state index contributed by atoms with van der Waals surface area (Å²) in [5, 5.41) is 1.10. The molecule has 5 rings (SSSR count). The van der Waals surface area contributed by atoms with Crippen molar-refractivity contribution in [3.8, 4) is 11.5 Å². The zero-order chi connectivity index (χ0) is 18.9. The molecule has 3 aromatic carbocycles. The molecule has 136 valence electrons. The Bertz CT molecular complexity index is 1200. The smallest absolute Gasteiger partial charge is 0.197 e. The van der Waals surface area contributed by atoms with Crippen LogP contribution in [-0.2, 0) is 13.2 Å². The molecule has 1 aromatic heterocycles. The van der Waals surface area contributed by atoms with Crippen molar-refractivity contribution in [2.24, 2.45) is 0 Å². The molecule has 0 saturated carbocycles. The Kier molecular flexibility index (Phi) is 4.02. The quantitative estimate of drug-likeness (QED) is 0.515. The van der Waals surface area contributed by atoms with E-state index in [1.807, 2.05) is 66.7 Å². The molecule has 4 aromatic rings. The highest BCUT2D eigenvalue weighted by molar-refractivity contribution is 6.12. The monoisotopic (exact) mass is 367 g/mol. The number of ether oxygens (including phenoxy) is 2. The molecule has 1 aliphatic rings. The van der Waals surface area contributed by atoms with E-state index in [1.165, 1.54) is 0 Å². The van der Waals surface area contributed by atoms with Crippen LogP contribution in [0.2, 0.25) is 0 Å². The van der Waals surface area contributed by atoms with Crippen molar-refractivity contribution < 1.29 is 14.3 Å². The molecular formula is C24H17NO3. The molecule has 0 aliphatic carbocycles. The van der Waals surface area contributed by atoms with Crippen molar-refractivity contribution in [2.75, 3.05) is 0 Å². The van der Waals surface area contributed by atoms with Gasteiger partial charge in [0.2, 0.25) is 0 Å². The molecule has 1 aliphatic heterocycles. The number of hydrogen-bond acceptors (Lipinski definition) is 4. The first kappa shape index (κ1) is 16.5. The number of nitrogens with zero attached hydrogens (tertiary/aromatic N) is 1. The van der Waals surface area contributed by atoms with Crippen molar-refractivity contribution in [3.63, 3.8) is 0 Å². The first-order valence-electron chi connectivity index (χ1n) is 9.15. The van der Waals surface area contributed by atoms with E-state index in [0.717, 1.165) is 22.2 Å². The minimum absolute atomic E-state index is 0.0441. The Morgan fingerprint density at radius 3 is 2.71 bits per heavy atom. The highest BCUT2D eigenvalue weighted by atomic mass is 16.5. The fourth-order valence-corrected chi connectivity index (χ4v) is 3.42. The molecule has 0 atom stereocenters. The maximum atomic E-state index is 13.0. The average Bonchev–Trinajstić information content (AvgIpc) is 2.89. The molecule has 0 fully saturated rings. The van der Waals surface area contributed by atoms with Crippen molar-refractivity contribution in [2.45, 2.75) is 13.2 Å². The van der Waals surface area contributed by atoms with E-state index in [4.69, 9.17) is 9.47 Å². The number of pyridine rings is 1. The average molecular weight is 367 g/mol. The van der Waals surface area contributed by atoms with Crippen LogP contribution in [0.5, 0.6) is 11.5 Å². The fourth-order valence-electron chi connectivity index (χ4n) is 3.42. The van der Waals surface area contributed by atoms with Gasteiger partial charge in [-0.2, -0.15) is 0 Å². The number of para-hydroxylation sites is 1. The summed E-state index contributed by atoms with van der Waals surface area (Å²) >= 11 is 0. The molecule has 0 spiro atoms. The van der Waals surface area contributed by atoms with Gasteiger partial charge < -0.3 is 9.47 Å². The van der Waals surface area contributed by atoms with Crippen LogP contribution < -0.4 is 9.47 Å². The minimum atomic E-state index is -0.0441. The number of fused-ring (bicyclic) bond motifs is 3. The standard InChI is InChI=1S/C24H17NO3/c26-24-20-7-3-1-6-17(20)14-28-23-12-11-19(13-21(23)24)27-15-18-10-9-16-5-2-4-8-22(16)25-18/h1-13H,14-15H2. The lowest BCUT2D eigenvalue weighted by atomic mass is 9.99. The van der Waals surface area contributed by atoms with E-state index in [-0.39, 0.29) is 5.78 Å². The van der Waals surface area contributed by atoms with Crippen LogP contribution in [0.15, 0.2) is 78.9 Å². The number of carbonyl (C=O) groups excluding carboxylic acids is 1. The highest BCUT2D eigenvalue weighted by Crippen LogP contribution is 2.31. The summed E-state index contributed by atoms with van der Waals surface area (Å²) in [6.45, 7) is 0.714. The van der Waals surface area contributed by atoms with E-state index in [1.54, 1.807) is 12.1 Å². The first-order chi connectivity index (χ1) is 13.8. The fraction of sp³-hybridized carbons (Fsp3) is 0.0833. The van der Waals surface area contributed by atoms with E-state index < -0.39 is 0 Å². The normalized spacial score (nSPS) is 12.6. The summed E-state index contributed by atoms with van der Waals surface area (Å²) in [6.07, 6.45) is 0. The molecule has 28 heavy (non-hydrogen) atoms. The van der Waals surface area contributed by atoms with Crippen molar-refractivity contribution in [1.82, 2.24) is 4.98 Å². The second-order valence-electron chi connectivity index (χ2n) is 6.72. The van der Waals surface area contributed by atoms with Gasteiger partial charge in [-0.05, 0) is 30.3 Å². The first-order valence-corrected chi connectivity index (χ1v) is 9.15. The number of rotatable bonds is 3. The van der Waals surface area contributed by atoms with Crippen LogP contribution in [0.3, 0.4) is 0 Å². The SMILES string of the molecule is O=C1c2ccccc2COc2ccc(OCc3ccc4ccccc4n3)cc21. The molecule has 0 radical (unpaired) electrons. The maximum absolute atomic E-state index is 13.0. The van der Waals surface area contributed by atoms with Gasteiger partial charge in [-0.25, -0.2) is 4.98 Å². The topological polar surface area (TPSA) is 48.4 Å². The zero-order valence-electron chi connectivity index (χ0n) is 15.1. The van der Waals surface area contributed by atoms with Crippen LogP contribution in [0.25, 0.3) is 10.9 Å². The van der Waals surface area contributed by atoms with Gasteiger partial charge in [0.1, 0.15) is 24.7 Å². The summed E-state index contributed by atoms with van der Waals surface area (Å²) in [6, 6.07) is 24.9. The lowest BCUT2D eigenvalue weighted by molar-refractivity contribution is 0.103. The summed E-state index contributed by atoms with van der Waals surface area (Å²) in [5.74, 6) is 1.15. The van der Waals surface area contributed by atoms with Gasteiger partial charge in [0.25, 0.3) is 0 Å². The molecule has 4 nitrogen and oxygen atoms in total. The number of benzene rings is 3. The Morgan fingerprint density at radius 1 is 0.893 bits per heavy atom. The largest absolute Gasteiger partial charge is 0.488 e. The van der Waals surface area contributed by atoms with Crippen molar-refractivity contribution in [3.05, 3.63) is 101 Å². The van der Waals surface area contributed by atoms with Gasteiger partial charge in [0.05, 0.1) is 16.8 Å². The Labute approximate surface area is 162 Å². The van der Waals surface area contributed by atoms with Gasteiger partial charge in [0, 0.05) is 16.5 Å². The molecule has 0 unspecified atom stereocenters. The van der Waals surface area contributed by atoms with Gasteiger partial charge in [-0.1, -0.05) is 48.5 Å². The second kappa shape index (κ2) is 6.82. The van der Waals surface area contributed by atoms with Gasteiger partial charge in [0.15, 0.2) is 5.78 Å². The van der Waals surface area contributed by atoms with E-state index in [2.05, 4.69) is 4.98 Å². The predicted octanol–water partition coefficient (Wildman–Crippen LogP) is 4.94. The molecule has 0 N–H and O–H groups in total. The second-order valence-corrected chi connectivity index (χ2v) is 6.72. The third kappa shape index (κ3) is 2.99. The van der Waals surface area contributed by atoms with E-state index >= 15 is 0 Å². The predicted molar refractivity (Wildman–Crippen MR) is 107 cm³/mol. The summed E-state index contributed by atoms with van der Waals surface area (Å²) in [5.41, 5.74) is 3.86. The Balaban J connectivity index is 1.41. The third-order valence-electron chi connectivity index (χ3n) is 4.88. The van der Waals surface area contributed by atoms with Crippen LogP contribution in [0.4, 0.5) is 0 Å². The number of hydrogen-bond donors (Lipinski definition) is 0. The van der Waals surface area contributed by atoms with Crippen molar-refractivity contribution in [1.29, 1.82) is 0 Å². The zero-order valence-corrected chi connectivity index (χ0v) is 15.1. The maximum Gasteiger partial charge on any atom is 0.197 e. The molecule has 0 bridgehead atoms.